The van der Waals surface area contributed by atoms with Crippen molar-refractivity contribution in [2.45, 2.75) is 63.2 Å². The van der Waals surface area contributed by atoms with E-state index in [0.29, 0.717) is 29.5 Å². The van der Waals surface area contributed by atoms with Gasteiger partial charge < -0.3 is 23.8 Å². The molecule has 1 aromatic carbocycles. The van der Waals surface area contributed by atoms with E-state index in [4.69, 9.17) is 28.9 Å². The fourth-order valence-electron chi connectivity index (χ4n) is 4.93. The molecule has 1 saturated heterocycles. The molecule has 2 fully saturated rings. The molecule has 2 aliphatic heterocycles. The molecule has 3 aliphatic rings. The Balaban J connectivity index is 1.45. The molecule has 4 atom stereocenters. The SMILES string of the molecule is COC(=O)[C@@H]1C[C@@H]2CN1C(=O)NC(=O)O[C@@H]1C[C@H]1CCCCCc1nc3ccc(OC)cc3nc1O2. The summed E-state index contributed by atoms with van der Waals surface area (Å²) in [5.74, 6) is 0.754. The Bertz CT molecular complexity index is 1170. The Morgan fingerprint density at radius 1 is 1.08 bits per heavy atom. The topological polar surface area (TPSA) is 129 Å². The number of nitrogens with zero attached hydrogens (tertiary/aromatic N) is 3. The van der Waals surface area contributed by atoms with Crippen LogP contribution in [0.5, 0.6) is 11.6 Å². The monoisotopic (exact) mass is 498 g/mol. The molecule has 36 heavy (non-hydrogen) atoms. The third-order valence-electron chi connectivity index (χ3n) is 7.00. The summed E-state index contributed by atoms with van der Waals surface area (Å²) in [5.41, 5.74) is 2.09. The number of esters is 1. The number of carbonyl (C=O) groups is 3. The van der Waals surface area contributed by atoms with E-state index in [1.54, 1.807) is 13.2 Å². The molecule has 3 heterocycles. The molecule has 0 unspecified atom stereocenters. The Hall–Kier alpha value is -3.63. The van der Waals surface area contributed by atoms with Crippen LogP contribution in [-0.4, -0.2) is 72.0 Å². The van der Waals surface area contributed by atoms with Gasteiger partial charge in [0.2, 0.25) is 5.88 Å². The van der Waals surface area contributed by atoms with E-state index in [0.717, 1.165) is 43.3 Å². The number of amides is 3. The van der Waals surface area contributed by atoms with Crippen molar-refractivity contribution < 1.29 is 33.3 Å². The molecule has 1 N–H and O–H groups in total. The fraction of sp³-hybridized carbons (Fsp3) is 0.560. The molecule has 2 bridgehead atoms. The fourth-order valence-corrected chi connectivity index (χ4v) is 4.93. The van der Waals surface area contributed by atoms with Gasteiger partial charge in [-0.1, -0.05) is 12.8 Å². The first-order valence-corrected chi connectivity index (χ1v) is 12.3. The van der Waals surface area contributed by atoms with Crippen LogP contribution in [0.2, 0.25) is 0 Å². The molecule has 5 rings (SSSR count). The number of fused-ring (bicyclic) bond motifs is 5. The minimum absolute atomic E-state index is 0.0716. The average Bonchev–Trinajstić information content (AvgIpc) is 3.45. The lowest BCUT2D eigenvalue weighted by atomic mass is 10.1. The van der Waals surface area contributed by atoms with Crippen molar-refractivity contribution in [2.75, 3.05) is 20.8 Å². The molecule has 1 saturated carbocycles. The normalized spacial score (nSPS) is 26.6. The maximum atomic E-state index is 12.9. The smallest absolute Gasteiger partial charge is 0.415 e. The summed E-state index contributed by atoms with van der Waals surface area (Å²) < 4.78 is 21.9. The van der Waals surface area contributed by atoms with Crippen molar-refractivity contribution in [1.82, 2.24) is 20.2 Å². The zero-order valence-electron chi connectivity index (χ0n) is 20.4. The van der Waals surface area contributed by atoms with E-state index in [1.807, 2.05) is 12.1 Å². The van der Waals surface area contributed by atoms with Gasteiger partial charge in [-0.3, -0.25) is 0 Å². The van der Waals surface area contributed by atoms with Crippen LogP contribution in [0, 0.1) is 5.92 Å². The van der Waals surface area contributed by atoms with E-state index in [2.05, 4.69) is 5.32 Å². The predicted octanol–water partition coefficient (Wildman–Crippen LogP) is 2.98. The number of imide groups is 1. The number of aromatic nitrogens is 2. The van der Waals surface area contributed by atoms with Crippen LogP contribution in [0.3, 0.4) is 0 Å². The Morgan fingerprint density at radius 2 is 1.94 bits per heavy atom. The van der Waals surface area contributed by atoms with Gasteiger partial charge in [0, 0.05) is 12.5 Å². The summed E-state index contributed by atoms with van der Waals surface area (Å²) in [6.07, 6.45) is 4.03. The molecule has 0 spiro atoms. The largest absolute Gasteiger partial charge is 0.497 e. The summed E-state index contributed by atoms with van der Waals surface area (Å²) in [4.78, 5) is 48.4. The first-order chi connectivity index (χ1) is 17.4. The zero-order chi connectivity index (χ0) is 25.2. The second-order valence-electron chi connectivity index (χ2n) is 9.47. The van der Waals surface area contributed by atoms with Crippen molar-refractivity contribution in [1.29, 1.82) is 0 Å². The number of hydrogen-bond acceptors (Lipinski definition) is 9. The zero-order valence-corrected chi connectivity index (χ0v) is 20.4. The summed E-state index contributed by atoms with van der Waals surface area (Å²) in [5, 5.41) is 2.24. The maximum absolute atomic E-state index is 12.9. The minimum atomic E-state index is -0.905. The van der Waals surface area contributed by atoms with E-state index in [9.17, 15) is 14.4 Å². The van der Waals surface area contributed by atoms with Crippen molar-refractivity contribution in [3.63, 3.8) is 0 Å². The highest BCUT2D eigenvalue weighted by molar-refractivity contribution is 5.93. The number of urea groups is 1. The van der Waals surface area contributed by atoms with Crippen LogP contribution in [-0.2, 0) is 20.7 Å². The average molecular weight is 499 g/mol. The van der Waals surface area contributed by atoms with Gasteiger partial charge in [0.15, 0.2) is 0 Å². The number of aryl methyl sites for hydroxylation is 1. The number of methoxy groups -OCH3 is 2. The van der Waals surface area contributed by atoms with Gasteiger partial charge >= 0.3 is 18.1 Å². The summed E-state index contributed by atoms with van der Waals surface area (Å²) in [6, 6.07) is 3.86. The minimum Gasteiger partial charge on any atom is -0.497 e. The van der Waals surface area contributed by atoms with E-state index in [-0.39, 0.29) is 19.1 Å². The first-order valence-electron chi connectivity index (χ1n) is 12.3. The van der Waals surface area contributed by atoms with Gasteiger partial charge in [0.05, 0.1) is 31.8 Å². The second-order valence-corrected chi connectivity index (χ2v) is 9.47. The molecule has 11 heteroatoms. The standard InChI is InChI=1S/C25H30N4O7/c1-33-15-8-9-17-19(11-15)27-22-18(26-17)7-5-3-4-6-14-10-21(14)36-25(32)28-24(31)29-13-16(35-22)12-20(29)23(30)34-2/h8-9,11,14,16,20-21H,3-7,10,12-13H2,1-2H3,(H,28,31,32)/t14-,16-,20+,21-/m1/s1. The number of nitrogens with one attached hydrogen (secondary N) is 1. The number of carbonyl (C=O) groups excluding carboxylic acids is 3. The Labute approximate surface area is 208 Å². The van der Waals surface area contributed by atoms with Gasteiger partial charge in [0.1, 0.15) is 29.7 Å². The predicted molar refractivity (Wildman–Crippen MR) is 127 cm³/mol. The molecule has 1 aliphatic carbocycles. The van der Waals surface area contributed by atoms with E-state index >= 15 is 0 Å². The number of benzene rings is 1. The van der Waals surface area contributed by atoms with Crippen LogP contribution in [0.4, 0.5) is 9.59 Å². The Kier molecular flexibility index (Phi) is 6.80. The molecule has 1 aromatic heterocycles. The number of hydrogen-bond donors (Lipinski definition) is 1. The van der Waals surface area contributed by atoms with E-state index in [1.165, 1.54) is 12.0 Å². The van der Waals surface area contributed by atoms with Crippen molar-refractivity contribution >= 4 is 29.1 Å². The summed E-state index contributed by atoms with van der Waals surface area (Å²) in [7, 11) is 2.84. The molecule has 2 aromatic rings. The molecule has 11 nitrogen and oxygen atoms in total. The van der Waals surface area contributed by atoms with Crippen LogP contribution < -0.4 is 14.8 Å². The molecular formula is C25H30N4O7. The summed E-state index contributed by atoms with van der Waals surface area (Å²) in [6.45, 7) is 0.0716. The number of rotatable bonds is 2. The highest BCUT2D eigenvalue weighted by Crippen LogP contribution is 2.38. The summed E-state index contributed by atoms with van der Waals surface area (Å²) >= 11 is 0. The number of ether oxygens (including phenoxy) is 4. The van der Waals surface area contributed by atoms with E-state index < -0.39 is 30.2 Å². The van der Waals surface area contributed by atoms with Gasteiger partial charge in [-0.15, -0.1) is 0 Å². The molecule has 192 valence electrons. The third kappa shape index (κ3) is 5.14. The first kappa shape index (κ1) is 24.1. The van der Waals surface area contributed by atoms with Crippen molar-refractivity contribution in [3.8, 4) is 11.6 Å². The van der Waals surface area contributed by atoms with Crippen molar-refractivity contribution in [2.24, 2.45) is 5.92 Å². The molecule has 3 amide bonds. The maximum Gasteiger partial charge on any atom is 0.415 e. The lowest BCUT2D eigenvalue weighted by Gasteiger charge is -2.22. The second kappa shape index (κ2) is 10.2. The van der Waals surface area contributed by atoms with Gasteiger partial charge in [0.25, 0.3) is 0 Å². The van der Waals surface area contributed by atoms with Crippen molar-refractivity contribution in [3.05, 3.63) is 23.9 Å². The molecular weight excluding hydrogens is 468 g/mol. The quantitative estimate of drug-likeness (QED) is 0.621. The van der Waals surface area contributed by atoms with Gasteiger partial charge in [-0.05, 0) is 43.7 Å². The van der Waals surface area contributed by atoms with Crippen LogP contribution in [0.25, 0.3) is 11.0 Å². The van der Waals surface area contributed by atoms with Crippen LogP contribution in [0.1, 0.15) is 44.2 Å². The third-order valence-corrected chi connectivity index (χ3v) is 7.00. The highest BCUT2D eigenvalue weighted by Gasteiger charge is 2.44. The van der Waals surface area contributed by atoms with Crippen LogP contribution >= 0.6 is 0 Å². The van der Waals surface area contributed by atoms with Crippen LogP contribution in [0.15, 0.2) is 18.2 Å². The number of alkyl carbamates (subject to hydrolysis) is 1. The highest BCUT2D eigenvalue weighted by atomic mass is 16.6. The van der Waals surface area contributed by atoms with Gasteiger partial charge in [-0.2, -0.15) is 0 Å². The van der Waals surface area contributed by atoms with Gasteiger partial charge in [-0.25, -0.2) is 29.7 Å². The Morgan fingerprint density at radius 3 is 2.75 bits per heavy atom. The molecule has 0 radical (unpaired) electrons. The lowest BCUT2D eigenvalue weighted by Crippen LogP contribution is -2.48. The lowest BCUT2D eigenvalue weighted by molar-refractivity contribution is -0.145.